The van der Waals surface area contributed by atoms with Crippen LogP contribution in [0.3, 0.4) is 0 Å². The van der Waals surface area contributed by atoms with Gasteiger partial charge in [-0.15, -0.1) is 11.8 Å². The number of hydrogen-bond acceptors (Lipinski definition) is 3. The van der Waals surface area contributed by atoms with Crippen molar-refractivity contribution in [1.29, 1.82) is 0 Å². The minimum absolute atomic E-state index is 0.0493. The third-order valence-electron chi connectivity index (χ3n) is 2.74. The van der Waals surface area contributed by atoms with Crippen LogP contribution in [0.1, 0.15) is 20.8 Å². The van der Waals surface area contributed by atoms with E-state index >= 15 is 0 Å². The second-order valence-corrected chi connectivity index (χ2v) is 6.35. The van der Waals surface area contributed by atoms with Crippen molar-refractivity contribution in [3.63, 3.8) is 0 Å². The molecule has 0 spiro atoms. The van der Waals surface area contributed by atoms with Crippen molar-refractivity contribution in [1.82, 2.24) is 4.90 Å². The first-order chi connectivity index (χ1) is 8.95. The van der Waals surface area contributed by atoms with E-state index in [2.05, 4.69) is 19.2 Å². The molecule has 1 rings (SSSR count). The molecule has 0 aliphatic heterocycles. The zero-order chi connectivity index (χ0) is 14.4. The molecule has 0 fully saturated rings. The van der Waals surface area contributed by atoms with Gasteiger partial charge in [-0.3, -0.25) is 0 Å². The van der Waals surface area contributed by atoms with E-state index in [0.717, 1.165) is 10.6 Å². The summed E-state index contributed by atoms with van der Waals surface area (Å²) in [5, 5.41) is 12.4. The number of thioether (sulfide) groups is 1. The molecule has 1 unspecified atom stereocenters. The van der Waals surface area contributed by atoms with Crippen LogP contribution in [0.15, 0.2) is 29.2 Å². The normalized spacial score (nSPS) is 12.3. The first kappa shape index (κ1) is 15.9. The molecule has 5 heteroatoms. The fraction of sp³-hybridized carbons (Fsp3) is 0.500. The highest BCUT2D eigenvalue weighted by molar-refractivity contribution is 8.00. The van der Waals surface area contributed by atoms with Crippen molar-refractivity contribution in [2.75, 3.05) is 19.0 Å². The number of likely N-dealkylation sites (N-methyl/N-ethyl adjacent to an activating group) is 1. The Labute approximate surface area is 119 Å². The zero-order valence-corrected chi connectivity index (χ0v) is 12.7. The number of para-hydroxylation sites is 1. The maximum Gasteiger partial charge on any atom is 0.321 e. The molecule has 1 atom stereocenters. The van der Waals surface area contributed by atoms with Crippen LogP contribution < -0.4 is 5.32 Å². The lowest BCUT2D eigenvalue weighted by atomic mass is 10.3. The number of amides is 2. The summed E-state index contributed by atoms with van der Waals surface area (Å²) in [6.07, 6.45) is 0. The molecule has 2 amide bonds. The SMILES string of the molecule is CC(C)Sc1ccccc1NC(=O)N(C)C(C)CO. The molecule has 0 bridgehead atoms. The van der Waals surface area contributed by atoms with Gasteiger partial charge < -0.3 is 15.3 Å². The Kier molecular flexibility index (Phi) is 6.18. The van der Waals surface area contributed by atoms with Gasteiger partial charge in [0.2, 0.25) is 0 Å². The predicted molar refractivity (Wildman–Crippen MR) is 80.8 cm³/mol. The Hall–Kier alpha value is -1.20. The Morgan fingerprint density at radius 3 is 2.58 bits per heavy atom. The minimum atomic E-state index is -0.210. The topological polar surface area (TPSA) is 52.6 Å². The van der Waals surface area contributed by atoms with Gasteiger partial charge in [0, 0.05) is 17.2 Å². The monoisotopic (exact) mass is 282 g/mol. The summed E-state index contributed by atoms with van der Waals surface area (Å²) in [5.41, 5.74) is 0.809. The quantitative estimate of drug-likeness (QED) is 0.816. The van der Waals surface area contributed by atoms with Gasteiger partial charge in [-0.25, -0.2) is 4.79 Å². The van der Waals surface area contributed by atoms with Crippen molar-refractivity contribution in [3.05, 3.63) is 24.3 Å². The number of aliphatic hydroxyl groups excluding tert-OH is 1. The van der Waals surface area contributed by atoms with Crippen LogP contribution in [-0.2, 0) is 0 Å². The lowest BCUT2D eigenvalue weighted by molar-refractivity contribution is 0.166. The number of benzene rings is 1. The summed E-state index contributed by atoms with van der Waals surface area (Å²) in [6, 6.07) is 7.33. The molecule has 19 heavy (non-hydrogen) atoms. The second-order valence-electron chi connectivity index (χ2n) is 4.74. The average molecular weight is 282 g/mol. The molecule has 0 radical (unpaired) electrons. The van der Waals surface area contributed by atoms with Gasteiger partial charge in [0.25, 0.3) is 0 Å². The van der Waals surface area contributed by atoms with E-state index < -0.39 is 0 Å². The van der Waals surface area contributed by atoms with E-state index in [0.29, 0.717) is 5.25 Å². The van der Waals surface area contributed by atoms with E-state index in [4.69, 9.17) is 5.11 Å². The van der Waals surface area contributed by atoms with E-state index in [9.17, 15) is 4.79 Å². The molecule has 0 aromatic heterocycles. The molecule has 106 valence electrons. The molecule has 1 aromatic rings. The Morgan fingerprint density at radius 2 is 2.00 bits per heavy atom. The second kappa shape index (κ2) is 7.40. The Balaban J connectivity index is 2.79. The zero-order valence-electron chi connectivity index (χ0n) is 11.9. The number of rotatable bonds is 5. The maximum absolute atomic E-state index is 12.0. The summed E-state index contributed by atoms with van der Waals surface area (Å²) < 4.78 is 0. The average Bonchev–Trinajstić information content (AvgIpc) is 2.38. The molecule has 0 saturated heterocycles. The first-order valence-electron chi connectivity index (χ1n) is 6.36. The standard InChI is InChI=1S/C14H22N2O2S/c1-10(2)19-13-8-6-5-7-12(13)15-14(18)16(4)11(3)9-17/h5-8,10-11,17H,9H2,1-4H3,(H,15,18). The Bertz CT molecular complexity index is 424. The molecule has 2 N–H and O–H groups in total. The molecule has 0 saturated carbocycles. The largest absolute Gasteiger partial charge is 0.394 e. The number of hydrogen-bond donors (Lipinski definition) is 2. The maximum atomic E-state index is 12.0. The summed E-state index contributed by atoms with van der Waals surface area (Å²) in [6.45, 7) is 5.98. The number of urea groups is 1. The van der Waals surface area contributed by atoms with Crippen molar-refractivity contribution in [2.45, 2.75) is 37.0 Å². The number of carbonyl (C=O) groups excluding carboxylic acids is 1. The van der Waals surface area contributed by atoms with Gasteiger partial charge in [0.05, 0.1) is 18.3 Å². The summed E-state index contributed by atoms with van der Waals surface area (Å²) >= 11 is 1.71. The van der Waals surface area contributed by atoms with Gasteiger partial charge >= 0.3 is 6.03 Å². The van der Waals surface area contributed by atoms with E-state index in [1.807, 2.05) is 24.3 Å². The fourth-order valence-corrected chi connectivity index (χ4v) is 2.36. The lowest BCUT2D eigenvalue weighted by Crippen LogP contribution is -2.40. The van der Waals surface area contributed by atoms with Crippen LogP contribution >= 0.6 is 11.8 Å². The van der Waals surface area contributed by atoms with Crippen molar-refractivity contribution in [2.24, 2.45) is 0 Å². The van der Waals surface area contributed by atoms with Crippen LogP contribution in [0.4, 0.5) is 10.5 Å². The van der Waals surface area contributed by atoms with Gasteiger partial charge in [-0.1, -0.05) is 26.0 Å². The number of aliphatic hydroxyl groups is 1. The molecule has 0 aliphatic rings. The van der Waals surface area contributed by atoms with Crippen LogP contribution in [0.2, 0.25) is 0 Å². The van der Waals surface area contributed by atoms with E-state index in [1.165, 1.54) is 4.90 Å². The van der Waals surface area contributed by atoms with Gasteiger partial charge in [0.15, 0.2) is 0 Å². The molecule has 0 aliphatic carbocycles. The molecular formula is C14H22N2O2S. The summed E-state index contributed by atoms with van der Waals surface area (Å²) in [5.74, 6) is 0. The first-order valence-corrected chi connectivity index (χ1v) is 7.24. The highest BCUT2D eigenvalue weighted by Crippen LogP contribution is 2.30. The smallest absolute Gasteiger partial charge is 0.321 e. The number of anilines is 1. The number of carbonyl (C=O) groups is 1. The van der Waals surface area contributed by atoms with Gasteiger partial charge in [-0.2, -0.15) is 0 Å². The van der Waals surface area contributed by atoms with Crippen LogP contribution in [-0.4, -0.2) is 41.0 Å². The number of nitrogens with zero attached hydrogens (tertiary/aromatic N) is 1. The Morgan fingerprint density at radius 1 is 1.37 bits per heavy atom. The molecule has 1 aromatic carbocycles. The minimum Gasteiger partial charge on any atom is -0.394 e. The van der Waals surface area contributed by atoms with Crippen molar-refractivity contribution in [3.8, 4) is 0 Å². The van der Waals surface area contributed by atoms with E-state index in [1.54, 1.807) is 25.7 Å². The van der Waals surface area contributed by atoms with Crippen molar-refractivity contribution < 1.29 is 9.90 Å². The van der Waals surface area contributed by atoms with Gasteiger partial charge in [-0.05, 0) is 19.1 Å². The molecular weight excluding hydrogens is 260 g/mol. The highest BCUT2D eigenvalue weighted by atomic mass is 32.2. The lowest BCUT2D eigenvalue weighted by Gasteiger charge is -2.24. The van der Waals surface area contributed by atoms with Crippen LogP contribution in [0.5, 0.6) is 0 Å². The van der Waals surface area contributed by atoms with Crippen molar-refractivity contribution >= 4 is 23.5 Å². The van der Waals surface area contributed by atoms with Crippen LogP contribution in [0, 0.1) is 0 Å². The highest BCUT2D eigenvalue weighted by Gasteiger charge is 2.16. The van der Waals surface area contributed by atoms with E-state index in [-0.39, 0.29) is 18.7 Å². The fourth-order valence-electron chi connectivity index (χ4n) is 1.45. The third kappa shape index (κ3) is 4.76. The summed E-state index contributed by atoms with van der Waals surface area (Å²) in [4.78, 5) is 14.6. The third-order valence-corrected chi connectivity index (χ3v) is 3.82. The summed E-state index contributed by atoms with van der Waals surface area (Å²) in [7, 11) is 1.68. The predicted octanol–water partition coefficient (Wildman–Crippen LogP) is 3.03. The molecule has 4 nitrogen and oxygen atoms in total. The van der Waals surface area contributed by atoms with Crippen LogP contribution in [0.25, 0.3) is 0 Å². The molecule has 0 heterocycles. The number of nitrogens with one attached hydrogen (secondary N) is 1. The van der Waals surface area contributed by atoms with Gasteiger partial charge in [0.1, 0.15) is 0 Å².